The molecular weight excluding hydrogens is 577 g/mol. The zero-order valence-corrected chi connectivity index (χ0v) is 26.2. The van der Waals surface area contributed by atoms with Crippen LogP contribution in [0.25, 0.3) is 0 Å². The number of benzene rings is 2. The summed E-state index contributed by atoms with van der Waals surface area (Å²) >= 11 is 4.39. The first-order valence-electron chi connectivity index (χ1n) is 9.43. The maximum absolute atomic E-state index is 13.9. The third-order valence-electron chi connectivity index (χ3n) is 4.59. The zero-order valence-electron chi connectivity index (χ0n) is 18.9. The summed E-state index contributed by atoms with van der Waals surface area (Å²) in [5.74, 6) is 0.00719. The molecule has 1 atom stereocenters. The van der Waals surface area contributed by atoms with Crippen molar-refractivity contribution in [1.29, 1.82) is 0 Å². The van der Waals surface area contributed by atoms with Gasteiger partial charge in [0.15, 0.2) is 0 Å². The van der Waals surface area contributed by atoms with E-state index in [0.717, 1.165) is 17.2 Å². The molecular formula is C22H20BrF4Na2O3PS. The molecule has 34 heavy (non-hydrogen) atoms. The summed E-state index contributed by atoms with van der Waals surface area (Å²) < 4.78 is 64.4. The second-order valence-electron chi connectivity index (χ2n) is 6.83. The standard InChI is InChI=1S/C22H22BrF4O3PS.2Na/c1-2-17(4-3-11-24)21(13-15-5-8-18(25)9-6-15)32-14-16-7-10-19(20(23)12-16)22(26,27)31(28,29)30;;/h2-10,12,21H,11,13-14H2,1H3,(H2,28,29,30);;/q;2*+1/p-2/b4-3-,17-2+;;. The number of hydrogen-bond acceptors (Lipinski definition) is 4. The topological polar surface area (TPSA) is 63.2 Å². The molecule has 1 unspecified atom stereocenters. The molecule has 0 bridgehead atoms. The predicted molar refractivity (Wildman–Crippen MR) is 120 cm³/mol. The Morgan fingerprint density at radius 1 is 1.15 bits per heavy atom. The van der Waals surface area contributed by atoms with Crippen molar-refractivity contribution in [2.24, 2.45) is 0 Å². The summed E-state index contributed by atoms with van der Waals surface area (Å²) in [7, 11) is -6.18. The van der Waals surface area contributed by atoms with Gasteiger partial charge in [-0.3, -0.25) is 0 Å². The Morgan fingerprint density at radius 2 is 1.74 bits per heavy atom. The van der Waals surface area contributed by atoms with Crippen LogP contribution < -0.4 is 68.9 Å². The van der Waals surface area contributed by atoms with Gasteiger partial charge in [0, 0.05) is 28.6 Å². The molecule has 0 heterocycles. The van der Waals surface area contributed by atoms with Crippen LogP contribution in [-0.2, 0) is 22.4 Å². The monoisotopic (exact) mass is 596 g/mol. The first kappa shape index (κ1) is 34.6. The van der Waals surface area contributed by atoms with Gasteiger partial charge in [0.05, 0.1) is 0 Å². The van der Waals surface area contributed by atoms with Crippen molar-refractivity contribution in [2.75, 3.05) is 6.67 Å². The number of hydrogen-bond donors (Lipinski definition) is 0. The van der Waals surface area contributed by atoms with Crippen LogP contribution in [-0.4, -0.2) is 11.9 Å². The molecule has 0 radical (unpaired) electrons. The fourth-order valence-corrected chi connectivity index (χ4v) is 5.52. The Balaban J connectivity index is 0.00000544. The average Bonchev–Trinajstić information content (AvgIpc) is 2.72. The summed E-state index contributed by atoms with van der Waals surface area (Å²) in [6, 6.07) is 9.61. The van der Waals surface area contributed by atoms with Gasteiger partial charge in [-0.05, 0) is 48.2 Å². The molecule has 0 saturated heterocycles. The van der Waals surface area contributed by atoms with Crippen molar-refractivity contribution >= 4 is 35.3 Å². The normalized spacial score (nSPS) is 13.4. The van der Waals surface area contributed by atoms with E-state index in [1.165, 1.54) is 42.1 Å². The Morgan fingerprint density at radius 3 is 2.24 bits per heavy atom. The van der Waals surface area contributed by atoms with Gasteiger partial charge in [-0.15, -0.1) is 11.8 Å². The minimum absolute atomic E-state index is 0. The van der Waals surface area contributed by atoms with E-state index in [2.05, 4.69) is 15.9 Å². The first-order valence-corrected chi connectivity index (χ1v) is 12.8. The molecule has 0 N–H and O–H groups in total. The van der Waals surface area contributed by atoms with Gasteiger partial charge >= 0.3 is 59.1 Å². The van der Waals surface area contributed by atoms with Gasteiger partial charge in [-0.2, -0.15) is 8.78 Å². The van der Waals surface area contributed by atoms with Gasteiger partial charge in [0.1, 0.15) is 12.5 Å². The summed E-state index contributed by atoms with van der Waals surface area (Å²) in [6.07, 6.45) is 5.41. The number of thioether (sulfide) groups is 1. The van der Waals surface area contributed by atoms with Crippen molar-refractivity contribution in [1.82, 2.24) is 0 Å². The second-order valence-corrected chi connectivity index (χ2v) is 10.4. The van der Waals surface area contributed by atoms with Gasteiger partial charge in [-0.25, -0.2) is 8.78 Å². The Hall–Kier alpha value is 0.620. The van der Waals surface area contributed by atoms with E-state index in [4.69, 9.17) is 0 Å². The number of allylic oxidation sites excluding steroid dienone is 3. The summed E-state index contributed by atoms with van der Waals surface area (Å²) in [5, 5.41) is -0.142. The van der Waals surface area contributed by atoms with Gasteiger partial charge in [0.25, 0.3) is 5.66 Å². The molecule has 12 heteroatoms. The summed E-state index contributed by atoms with van der Waals surface area (Å²) in [5.41, 5.74) is -3.12. The molecule has 0 fully saturated rings. The SMILES string of the molecule is C/C=C(\C=C/CF)C(Cc1ccc(F)cc1)SCc1ccc(C(F)(F)P(=O)([O-])[O-])c(Br)c1.[Na+].[Na+]. The molecule has 0 aliphatic heterocycles. The molecule has 0 saturated carbocycles. The van der Waals surface area contributed by atoms with E-state index in [0.29, 0.717) is 17.7 Å². The Labute approximate surface area is 253 Å². The first-order chi connectivity index (χ1) is 15.0. The van der Waals surface area contributed by atoms with Crippen molar-refractivity contribution < 1.29 is 91.0 Å². The smallest absolute Gasteiger partial charge is 0.806 e. The molecule has 174 valence electrons. The molecule has 0 aliphatic carbocycles. The van der Waals surface area contributed by atoms with E-state index in [9.17, 15) is 31.9 Å². The molecule has 0 spiro atoms. The molecule has 2 aromatic rings. The minimum atomic E-state index is -6.18. The second kappa shape index (κ2) is 15.8. The maximum atomic E-state index is 13.9. The van der Waals surface area contributed by atoms with Crippen molar-refractivity contribution in [3.05, 3.63) is 93.2 Å². The maximum Gasteiger partial charge on any atom is 1.00 e. The van der Waals surface area contributed by atoms with Crippen LogP contribution in [0.15, 0.2) is 70.7 Å². The van der Waals surface area contributed by atoms with E-state index in [-0.39, 0.29) is 74.7 Å². The number of alkyl halides is 3. The molecule has 3 nitrogen and oxygen atoms in total. The fraction of sp³-hybridized carbons (Fsp3) is 0.273. The molecule has 0 amide bonds. The van der Waals surface area contributed by atoms with E-state index in [1.54, 1.807) is 18.2 Å². The van der Waals surface area contributed by atoms with Crippen LogP contribution in [0.3, 0.4) is 0 Å². The van der Waals surface area contributed by atoms with Crippen LogP contribution in [0.5, 0.6) is 0 Å². The van der Waals surface area contributed by atoms with E-state index in [1.807, 2.05) is 13.0 Å². The van der Waals surface area contributed by atoms with Crippen LogP contribution in [0.2, 0.25) is 0 Å². The van der Waals surface area contributed by atoms with E-state index < -0.39 is 25.5 Å². The third kappa shape index (κ3) is 9.82. The quantitative estimate of drug-likeness (QED) is 0.166. The van der Waals surface area contributed by atoms with Gasteiger partial charge in [0.2, 0.25) is 0 Å². The van der Waals surface area contributed by atoms with Crippen molar-refractivity contribution in [3.8, 4) is 0 Å². The van der Waals surface area contributed by atoms with E-state index >= 15 is 0 Å². The van der Waals surface area contributed by atoms with Crippen molar-refractivity contribution in [3.63, 3.8) is 0 Å². The zero-order chi connectivity index (χ0) is 23.9. The molecule has 2 aromatic carbocycles. The third-order valence-corrected chi connectivity index (χ3v) is 7.52. The van der Waals surface area contributed by atoms with Crippen LogP contribution in [0.1, 0.15) is 23.6 Å². The number of rotatable bonds is 10. The Bertz CT molecular complexity index is 1030. The molecule has 0 aromatic heterocycles. The fourth-order valence-electron chi connectivity index (χ4n) is 2.91. The average molecular weight is 597 g/mol. The largest absolute Gasteiger partial charge is 1.00 e. The van der Waals surface area contributed by atoms with Crippen LogP contribution in [0, 0.1) is 5.82 Å². The molecule has 2 rings (SSSR count). The molecule has 0 aliphatic rings. The summed E-state index contributed by atoms with van der Waals surface area (Å²) in [4.78, 5) is 21.9. The van der Waals surface area contributed by atoms with Crippen LogP contribution >= 0.6 is 35.3 Å². The summed E-state index contributed by atoms with van der Waals surface area (Å²) in [6.45, 7) is 1.19. The van der Waals surface area contributed by atoms with Gasteiger partial charge < -0.3 is 14.4 Å². The number of halogens is 5. The van der Waals surface area contributed by atoms with Crippen molar-refractivity contribution in [2.45, 2.75) is 30.0 Å². The Kier molecular flexibility index (Phi) is 16.1. The predicted octanol–water partition coefficient (Wildman–Crippen LogP) is -0.124. The minimum Gasteiger partial charge on any atom is -0.806 e. The van der Waals surface area contributed by atoms with Gasteiger partial charge in [-0.1, -0.05) is 58.4 Å². The van der Waals surface area contributed by atoms with Crippen LogP contribution in [0.4, 0.5) is 17.6 Å².